The van der Waals surface area contributed by atoms with Crippen LogP contribution >= 0.6 is 11.3 Å². The Kier molecular flexibility index (Phi) is 4.77. The predicted octanol–water partition coefficient (Wildman–Crippen LogP) is 3.39. The Hall–Kier alpha value is -2.41. The zero-order chi connectivity index (χ0) is 16.3. The van der Waals surface area contributed by atoms with Gasteiger partial charge in [-0.1, -0.05) is 0 Å². The lowest BCUT2D eigenvalue weighted by Gasteiger charge is -2.19. The monoisotopic (exact) mass is 320 g/mol. The van der Waals surface area contributed by atoms with E-state index in [-0.39, 0.29) is 11.3 Å². The second kappa shape index (κ2) is 6.57. The molecule has 0 bridgehead atoms. The first-order valence-corrected chi connectivity index (χ1v) is 7.43. The van der Waals surface area contributed by atoms with E-state index in [0.29, 0.717) is 6.54 Å². The van der Waals surface area contributed by atoms with Crippen molar-refractivity contribution in [2.24, 2.45) is 0 Å². The van der Waals surface area contributed by atoms with Gasteiger partial charge >= 0.3 is 5.97 Å². The smallest absolute Gasteiger partial charge is 0.344 e. The minimum atomic E-state index is -0.714. The van der Waals surface area contributed by atoms with E-state index >= 15 is 0 Å². The van der Waals surface area contributed by atoms with Gasteiger partial charge in [-0.25, -0.2) is 4.79 Å². The minimum absolute atomic E-state index is 0.0419. The van der Waals surface area contributed by atoms with E-state index in [9.17, 15) is 14.9 Å². The first kappa shape index (κ1) is 16.0. The fraction of sp³-hybridized carbons (Fsp3) is 0.267. The van der Waals surface area contributed by atoms with Gasteiger partial charge < -0.3 is 9.64 Å². The van der Waals surface area contributed by atoms with E-state index in [1.807, 2.05) is 30.3 Å². The van der Waals surface area contributed by atoms with Crippen molar-refractivity contribution in [2.75, 3.05) is 19.1 Å². The molecule has 6 nitrogen and oxygen atoms in total. The van der Waals surface area contributed by atoms with Gasteiger partial charge in [0.05, 0.1) is 18.6 Å². The molecule has 2 rings (SSSR count). The number of hydrogen-bond acceptors (Lipinski definition) is 6. The van der Waals surface area contributed by atoms with Crippen molar-refractivity contribution in [1.29, 1.82) is 0 Å². The van der Waals surface area contributed by atoms with Gasteiger partial charge in [-0.15, -0.1) is 11.3 Å². The molecule has 22 heavy (non-hydrogen) atoms. The van der Waals surface area contributed by atoms with Crippen LogP contribution in [0.25, 0.3) is 0 Å². The summed E-state index contributed by atoms with van der Waals surface area (Å²) in [5.74, 6) is -0.714. The summed E-state index contributed by atoms with van der Waals surface area (Å²) in [5, 5.41) is 13.0. The Morgan fingerprint density at radius 1 is 1.41 bits per heavy atom. The summed E-state index contributed by atoms with van der Waals surface area (Å²) in [4.78, 5) is 25.3. The van der Waals surface area contributed by atoms with E-state index in [1.54, 1.807) is 17.4 Å². The third kappa shape index (κ3) is 3.25. The van der Waals surface area contributed by atoms with Crippen LogP contribution in [0.5, 0.6) is 0 Å². The lowest BCUT2D eigenvalue weighted by molar-refractivity contribution is -0.385. The van der Waals surface area contributed by atoms with Crippen molar-refractivity contribution in [1.82, 2.24) is 0 Å². The Balaban J connectivity index is 2.33. The number of thiophene rings is 1. The first-order valence-electron chi connectivity index (χ1n) is 6.55. The SMILES string of the molecule is COC(=O)c1cc(N(C)Cc2sccc2C)ccc1[N+](=O)[O-]. The van der Waals surface area contributed by atoms with Crippen molar-refractivity contribution < 1.29 is 14.5 Å². The second-order valence-corrected chi connectivity index (χ2v) is 5.83. The van der Waals surface area contributed by atoms with Crippen LogP contribution in [0.15, 0.2) is 29.6 Å². The third-order valence-electron chi connectivity index (χ3n) is 3.37. The topological polar surface area (TPSA) is 72.7 Å². The summed E-state index contributed by atoms with van der Waals surface area (Å²) < 4.78 is 4.63. The molecule has 0 N–H and O–H groups in total. The lowest BCUT2D eigenvalue weighted by Crippen LogP contribution is -2.17. The van der Waals surface area contributed by atoms with Gasteiger partial charge in [0.25, 0.3) is 5.69 Å². The highest BCUT2D eigenvalue weighted by Gasteiger charge is 2.22. The van der Waals surface area contributed by atoms with Crippen LogP contribution in [0.3, 0.4) is 0 Å². The van der Waals surface area contributed by atoms with Crippen molar-refractivity contribution in [3.63, 3.8) is 0 Å². The number of rotatable bonds is 5. The molecule has 0 fully saturated rings. The highest BCUT2D eigenvalue weighted by molar-refractivity contribution is 7.10. The van der Waals surface area contributed by atoms with Gasteiger partial charge in [0.15, 0.2) is 0 Å². The quantitative estimate of drug-likeness (QED) is 0.480. The van der Waals surface area contributed by atoms with Crippen molar-refractivity contribution >= 4 is 28.7 Å². The molecule has 0 unspecified atom stereocenters. The molecule has 0 amide bonds. The molecule has 0 atom stereocenters. The van der Waals surface area contributed by atoms with Crippen molar-refractivity contribution in [3.05, 3.63) is 55.8 Å². The number of nitro benzene ring substituents is 1. The van der Waals surface area contributed by atoms with Crippen LogP contribution in [-0.4, -0.2) is 25.1 Å². The van der Waals surface area contributed by atoms with Crippen molar-refractivity contribution in [2.45, 2.75) is 13.5 Å². The maximum absolute atomic E-state index is 11.7. The molecule has 0 aliphatic carbocycles. The van der Waals surface area contributed by atoms with Gasteiger partial charge in [0.2, 0.25) is 0 Å². The summed E-state index contributed by atoms with van der Waals surface area (Å²) in [6.45, 7) is 2.71. The highest BCUT2D eigenvalue weighted by atomic mass is 32.1. The molecule has 0 spiro atoms. The Bertz CT molecular complexity index is 711. The maximum atomic E-state index is 11.7. The minimum Gasteiger partial charge on any atom is -0.465 e. The Morgan fingerprint density at radius 2 is 2.14 bits per heavy atom. The summed E-state index contributed by atoms with van der Waals surface area (Å²) in [7, 11) is 3.08. The molecule has 1 aromatic heterocycles. The molecule has 1 heterocycles. The predicted molar refractivity (Wildman–Crippen MR) is 85.6 cm³/mol. The van der Waals surface area contributed by atoms with Gasteiger partial charge in [-0.3, -0.25) is 10.1 Å². The molecule has 116 valence electrons. The van der Waals surface area contributed by atoms with E-state index in [0.717, 1.165) is 5.69 Å². The number of hydrogen-bond donors (Lipinski definition) is 0. The number of nitrogens with zero attached hydrogens (tertiary/aromatic N) is 2. The molecule has 0 saturated heterocycles. The van der Waals surface area contributed by atoms with Crippen molar-refractivity contribution in [3.8, 4) is 0 Å². The fourth-order valence-corrected chi connectivity index (χ4v) is 3.03. The van der Waals surface area contributed by atoms with Crippen LogP contribution in [0.4, 0.5) is 11.4 Å². The van der Waals surface area contributed by atoms with Gasteiger partial charge in [0.1, 0.15) is 5.56 Å². The zero-order valence-electron chi connectivity index (χ0n) is 12.5. The number of esters is 1. The number of ether oxygens (including phenoxy) is 1. The number of anilines is 1. The van der Waals surface area contributed by atoms with Crippen LogP contribution in [0.2, 0.25) is 0 Å². The van der Waals surface area contributed by atoms with E-state index < -0.39 is 10.9 Å². The Morgan fingerprint density at radius 3 is 2.68 bits per heavy atom. The summed E-state index contributed by atoms with van der Waals surface area (Å²) in [6.07, 6.45) is 0. The Labute approximate surface area is 132 Å². The van der Waals surface area contributed by atoms with Gasteiger partial charge in [0, 0.05) is 23.7 Å². The number of benzene rings is 1. The average molecular weight is 320 g/mol. The molecule has 0 radical (unpaired) electrons. The van der Waals surface area contributed by atoms with E-state index in [4.69, 9.17) is 0 Å². The van der Waals surface area contributed by atoms with Gasteiger partial charge in [-0.05, 0) is 36.1 Å². The number of methoxy groups -OCH3 is 1. The highest BCUT2D eigenvalue weighted by Crippen LogP contribution is 2.27. The van der Waals surface area contributed by atoms with Crippen LogP contribution in [-0.2, 0) is 11.3 Å². The number of nitro groups is 1. The first-order chi connectivity index (χ1) is 10.4. The third-order valence-corrected chi connectivity index (χ3v) is 4.38. The second-order valence-electron chi connectivity index (χ2n) is 4.83. The standard InChI is InChI=1S/C15H16N2O4S/c1-10-6-7-22-14(10)9-16(2)11-4-5-13(17(19)20)12(8-11)15(18)21-3/h4-8H,9H2,1-3H3. The molecule has 7 heteroatoms. The average Bonchev–Trinajstić information content (AvgIpc) is 2.90. The number of carbonyl (C=O) groups is 1. The largest absolute Gasteiger partial charge is 0.465 e. The molecule has 0 aliphatic rings. The summed E-state index contributed by atoms with van der Waals surface area (Å²) in [5.41, 5.74) is 1.63. The molecule has 2 aromatic rings. The summed E-state index contributed by atoms with van der Waals surface area (Å²) >= 11 is 1.65. The maximum Gasteiger partial charge on any atom is 0.344 e. The summed E-state index contributed by atoms with van der Waals surface area (Å²) in [6, 6.07) is 6.50. The molecule has 1 aromatic carbocycles. The van der Waals surface area contributed by atoms with Crippen LogP contribution < -0.4 is 4.90 Å². The fourth-order valence-electron chi connectivity index (χ4n) is 2.07. The zero-order valence-corrected chi connectivity index (χ0v) is 13.3. The van der Waals surface area contributed by atoms with Crippen LogP contribution in [0, 0.1) is 17.0 Å². The van der Waals surface area contributed by atoms with Gasteiger partial charge in [-0.2, -0.15) is 0 Å². The molecule has 0 aliphatic heterocycles. The lowest BCUT2D eigenvalue weighted by atomic mass is 10.1. The molecular formula is C15H16N2O4S. The van der Waals surface area contributed by atoms with E-state index in [2.05, 4.69) is 4.74 Å². The number of aryl methyl sites for hydroxylation is 1. The molecular weight excluding hydrogens is 304 g/mol. The normalized spacial score (nSPS) is 10.3. The van der Waals surface area contributed by atoms with E-state index in [1.165, 1.54) is 29.7 Å². The molecule has 0 saturated carbocycles. The number of carbonyl (C=O) groups excluding carboxylic acids is 1. The van der Waals surface area contributed by atoms with Crippen LogP contribution in [0.1, 0.15) is 20.8 Å².